The van der Waals surface area contributed by atoms with Crippen molar-refractivity contribution in [1.82, 2.24) is 9.13 Å². The molecule has 7 aromatic carbocycles. The van der Waals surface area contributed by atoms with Gasteiger partial charge in [-0.15, -0.1) is 22.7 Å². The molecule has 0 fully saturated rings. The first-order chi connectivity index (χ1) is 22.8. The number of aromatic nitrogens is 2. The molecule has 46 heavy (non-hydrogen) atoms. The number of benzene rings is 7. The third-order valence-electron chi connectivity index (χ3n) is 9.73. The number of nitrogens with zero attached hydrogens (tertiary/aromatic N) is 2. The molecule has 0 amide bonds. The molecule has 0 radical (unpaired) electrons. The molecular weight excluding hydrogens is 597 g/mol. The maximum absolute atomic E-state index is 2.44. The lowest BCUT2D eigenvalue weighted by atomic mass is 10.1. The average molecular weight is 621 g/mol. The Hall–Kier alpha value is -5.42. The van der Waals surface area contributed by atoms with Crippen LogP contribution in [0, 0.1) is 0 Å². The van der Waals surface area contributed by atoms with E-state index >= 15 is 0 Å². The van der Waals surface area contributed by atoms with E-state index in [1.165, 1.54) is 95.3 Å². The number of rotatable bonds is 2. The maximum atomic E-state index is 2.44. The second-order valence-electron chi connectivity index (χ2n) is 12.1. The van der Waals surface area contributed by atoms with Gasteiger partial charge in [0.2, 0.25) is 0 Å². The number of hydrogen-bond acceptors (Lipinski definition) is 2. The zero-order valence-electron chi connectivity index (χ0n) is 24.6. The van der Waals surface area contributed by atoms with Gasteiger partial charge in [0.1, 0.15) is 0 Å². The van der Waals surface area contributed by atoms with E-state index in [1.807, 2.05) is 22.7 Å². The minimum atomic E-state index is 1.17. The van der Waals surface area contributed by atoms with E-state index in [0.717, 1.165) is 0 Å². The fourth-order valence-electron chi connectivity index (χ4n) is 7.78. The summed E-state index contributed by atoms with van der Waals surface area (Å²) in [5.74, 6) is 0. The van der Waals surface area contributed by atoms with Crippen LogP contribution in [0.3, 0.4) is 0 Å². The highest BCUT2D eigenvalue weighted by Gasteiger charge is 2.19. The summed E-state index contributed by atoms with van der Waals surface area (Å²) in [6.45, 7) is 0. The average Bonchev–Trinajstić information content (AvgIpc) is 3.85. The lowest BCUT2D eigenvalue weighted by Crippen LogP contribution is -1.97. The maximum Gasteiger partial charge on any atom is 0.0555 e. The third-order valence-corrected chi connectivity index (χ3v) is 12.1. The van der Waals surface area contributed by atoms with Crippen molar-refractivity contribution in [1.29, 1.82) is 0 Å². The molecule has 11 aromatic rings. The van der Waals surface area contributed by atoms with Crippen LogP contribution in [0.25, 0.3) is 95.3 Å². The number of hydrogen-bond donors (Lipinski definition) is 0. The van der Waals surface area contributed by atoms with E-state index < -0.39 is 0 Å². The molecule has 0 atom stereocenters. The van der Waals surface area contributed by atoms with E-state index in [1.54, 1.807) is 0 Å². The summed E-state index contributed by atoms with van der Waals surface area (Å²) >= 11 is 3.81. The number of fused-ring (bicyclic) bond motifs is 14. The van der Waals surface area contributed by atoms with E-state index in [-0.39, 0.29) is 0 Å². The van der Waals surface area contributed by atoms with Gasteiger partial charge in [0.05, 0.1) is 22.1 Å². The predicted molar refractivity (Wildman–Crippen MR) is 201 cm³/mol. The van der Waals surface area contributed by atoms with Crippen molar-refractivity contribution in [2.45, 2.75) is 0 Å². The molecule has 0 bridgehead atoms. The van der Waals surface area contributed by atoms with E-state index in [9.17, 15) is 0 Å². The van der Waals surface area contributed by atoms with Gasteiger partial charge in [-0.05, 0) is 60.7 Å². The molecular formula is C42H24N2S2. The quantitative estimate of drug-likeness (QED) is 0.182. The van der Waals surface area contributed by atoms with E-state index in [2.05, 4.69) is 155 Å². The third kappa shape index (κ3) is 3.20. The standard InChI is InChI=1S/C42H24N2S2/c1-5-13-33-31(11-1)39-35(23-21-29-27-9-3-7-15-37(27)45-41(29)39)43(33)25-17-19-26(20-18-25)44-34-14-6-2-12-32(34)40-36(44)24-22-30-28-10-4-8-16-38(28)46-42(30)40/h1-24H. The monoisotopic (exact) mass is 620 g/mol. The van der Waals surface area contributed by atoms with Crippen molar-refractivity contribution in [3.05, 3.63) is 146 Å². The van der Waals surface area contributed by atoms with Gasteiger partial charge < -0.3 is 9.13 Å². The van der Waals surface area contributed by atoms with Gasteiger partial charge in [-0.2, -0.15) is 0 Å². The highest BCUT2D eigenvalue weighted by molar-refractivity contribution is 7.27. The molecule has 4 aromatic heterocycles. The number of para-hydroxylation sites is 2. The van der Waals surface area contributed by atoms with Gasteiger partial charge in [-0.1, -0.05) is 84.9 Å². The Morgan fingerprint density at radius 2 is 0.696 bits per heavy atom. The van der Waals surface area contributed by atoms with Gasteiger partial charge in [0.25, 0.3) is 0 Å². The molecule has 4 heteroatoms. The SMILES string of the molecule is c1ccc2c(c1)sc1c2ccc2c1c1ccccc1n2-c1ccc(-n2c3ccccc3c3c4sc5ccccc5c4ccc32)cc1. The summed E-state index contributed by atoms with van der Waals surface area (Å²) in [5, 5.41) is 10.6. The van der Waals surface area contributed by atoms with Crippen LogP contribution < -0.4 is 0 Å². The van der Waals surface area contributed by atoms with Crippen LogP contribution in [0.15, 0.2) is 146 Å². The number of thiophene rings is 2. The molecule has 0 unspecified atom stereocenters. The first-order valence-electron chi connectivity index (χ1n) is 15.6. The summed E-state index contributed by atoms with van der Waals surface area (Å²) < 4.78 is 10.3. The van der Waals surface area contributed by atoms with Crippen molar-refractivity contribution in [3.63, 3.8) is 0 Å². The normalized spacial score (nSPS) is 12.3. The summed E-state index contributed by atoms with van der Waals surface area (Å²) in [7, 11) is 0. The summed E-state index contributed by atoms with van der Waals surface area (Å²) in [6.07, 6.45) is 0. The predicted octanol–water partition coefficient (Wildman–Crippen LogP) is 12.6. The molecule has 0 saturated heterocycles. The Kier molecular flexibility index (Phi) is 4.90. The molecule has 214 valence electrons. The smallest absolute Gasteiger partial charge is 0.0555 e. The topological polar surface area (TPSA) is 9.86 Å². The molecule has 0 aliphatic rings. The van der Waals surface area contributed by atoms with Crippen molar-refractivity contribution < 1.29 is 0 Å². The molecule has 0 N–H and O–H groups in total. The molecule has 0 aliphatic carbocycles. The molecule has 4 heterocycles. The van der Waals surface area contributed by atoms with Crippen LogP contribution in [0.4, 0.5) is 0 Å². The Morgan fingerprint density at radius 1 is 0.304 bits per heavy atom. The highest BCUT2D eigenvalue weighted by atomic mass is 32.1. The zero-order valence-corrected chi connectivity index (χ0v) is 26.2. The van der Waals surface area contributed by atoms with E-state index in [4.69, 9.17) is 0 Å². The molecule has 0 aliphatic heterocycles. The Labute approximate surface area is 271 Å². The lowest BCUT2D eigenvalue weighted by molar-refractivity contribution is 1.15. The summed E-state index contributed by atoms with van der Waals surface area (Å²) in [5.41, 5.74) is 7.30. The fraction of sp³-hybridized carbons (Fsp3) is 0. The second-order valence-corrected chi connectivity index (χ2v) is 14.2. The largest absolute Gasteiger partial charge is 0.309 e. The van der Waals surface area contributed by atoms with E-state index in [0.29, 0.717) is 0 Å². The van der Waals surface area contributed by atoms with Crippen LogP contribution in [0.2, 0.25) is 0 Å². The minimum absolute atomic E-state index is 1.17. The van der Waals surface area contributed by atoms with Crippen LogP contribution in [-0.2, 0) is 0 Å². The minimum Gasteiger partial charge on any atom is -0.309 e. The van der Waals surface area contributed by atoms with Crippen LogP contribution in [-0.4, -0.2) is 9.13 Å². The van der Waals surface area contributed by atoms with Crippen molar-refractivity contribution in [2.24, 2.45) is 0 Å². The van der Waals surface area contributed by atoms with Gasteiger partial charge >= 0.3 is 0 Å². The second kappa shape index (κ2) is 9.07. The van der Waals surface area contributed by atoms with Crippen molar-refractivity contribution in [3.8, 4) is 11.4 Å². The van der Waals surface area contributed by atoms with Crippen molar-refractivity contribution >= 4 is 107 Å². The van der Waals surface area contributed by atoms with Gasteiger partial charge in [0.15, 0.2) is 0 Å². The Morgan fingerprint density at radius 3 is 1.15 bits per heavy atom. The molecule has 11 rings (SSSR count). The lowest BCUT2D eigenvalue weighted by Gasteiger charge is -2.12. The first-order valence-corrected chi connectivity index (χ1v) is 17.2. The van der Waals surface area contributed by atoms with Crippen LogP contribution >= 0.6 is 22.7 Å². The summed E-state index contributed by atoms with van der Waals surface area (Å²) in [4.78, 5) is 0. The van der Waals surface area contributed by atoms with Crippen LogP contribution in [0.5, 0.6) is 0 Å². The first kappa shape index (κ1) is 24.8. The summed E-state index contributed by atoms with van der Waals surface area (Å²) in [6, 6.07) is 53.6. The fourth-order valence-corrected chi connectivity index (χ4v) is 10.3. The molecule has 2 nitrogen and oxygen atoms in total. The van der Waals surface area contributed by atoms with Gasteiger partial charge in [-0.25, -0.2) is 0 Å². The molecule has 0 spiro atoms. The van der Waals surface area contributed by atoms with Crippen molar-refractivity contribution in [2.75, 3.05) is 0 Å². The Bertz CT molecular complexity index is 2810. The highest BCUT2D eigenvalue weighted by Crippen LogP contribution is 2.45. The zero-order chi connectivity index (χ0) is 29.9. The van der Waals surface area contributed by atoms with Crippen LogP contribution in [0.1, 0.15) is 0 Å². The van der Waals surface area contributed by atoms with Gasteiger partial charge in [0, 0.05) is 73.3 Å². The Balaban J connectivity index is 1.15. The molecule has 0 saturated carbocycles. The van der Waals surface area contributed by atoms with Gasteiger partial charge in [-0.3, -0.25) is 0 Å².